The van der Waals surface area contributed by atoms with Crippen LogP contribution in [0.3, 0.4) is 0 Å². The highest BCUT2D eigenvalue weighted by Gasteiger charge is 2.21. The summed E-state index contributed by atoms with van der Waals surface area (Å²) in [6.07, 6.45) is 8.31. The second-order valence-electron chi connectivity index (χ2n) is 7.96. The van der Waals surface area contributed by atoms with Crippen molar-refractivity contribution >= 4 is 21.9 Å². The molecule has 2 aromatic carbocycles. The van der Waals surface area contributed by atoms with E-state index in [1.54, 1.807) is 0 Å². The number of hydrogen-bond acceptors (Lipinski definition) is 2. The molecular weight excluding hydrogens is 318 g/mol. The molecule has 0 saturated carbocycles. The molecule has 26 heavy (non-hydrogen) atoms. The van der Waals surface area contributed by atoms with E-state index in [1.165, 1.54) is 33.0 Å². The van der Waals surface area contributed by atoms with Crippen LogP contribution in [-0.4, -0.2) is 0 Å². The van der Waals surface area contributed by atoms with E-state index in [9.17, 15) is 0 Å². The summed E-state index contributed by atoms with van der Waals surface area (Å²) in [4.78, 5) is 0. The largest absolute Gasteiger partial charge is 0.455 e. The smallest absolute Gasteiger partial charge is 0.141 e. The third kappa shape index (κ3) is 2.65. The number of aryl methyl sites for hydroxylation is 1. The van der Waals surface area contributed by atoms with Crippen LogP contribution in [0.15, 0.2) is 53.1 Å². The van der Waals surface area contributed by atoms with Crippen molar-refractivity contribution in [3.8, 4) is 0 Å². The van der Waals surface area contributed by atoms with Gasteiger partial charge in [-0.05, 0) is 53.8 Å². The van der Waals surface area contributed by atoms with Gasteiger partial charge in [-0.15, -0.1) is 0 Å². The molecule has 0 fully saturated rings. The van der Waals surface area contributed by atoms with Crippen LogP contribution < -0.4 is 5.32 Å². The zero-order valence-electron chi connectivity index (χ0n) is 16.3. The highest BCUT2D eigenvalue weighted by atomic mass is 16.3. The number of dihydropyridines is 1. The minimum atomic E-state index is 0.149. The monoisotopic (exact) mass is 345 g/mol. The van der Waals surface area contributed by atoms with Crippen molar-refractivity contribution in [2.45, 2.75) is 52.5 Å². The molecule has 4 rings (SSSR count). The number of hydrogen-bond donors (Lipinski definition) is 1. The third-order valence-electron chi connectivity index (χ3n) is 5.43. The Kier molecular flexibility index (Phi) is 4.14. The molecule has 2 heteroatoms. The highest BCUT2D eigenvalue weighted by Crippen LogP contribution is 2.40. The van der Waals surface area contributed by atoms with E-state index in [-0.39, 0.29) is 6.04 Å². The van der Waals surface area contributed by atoms with Crippen LogP contribution in [-0.2, 0) is 0 Å². The Bertz CT molecular complexity index is 1030. The molecule has 134 valence electrons. The first-order valence-corrected chi connectivity index (χ1v) is 9.56. The van der Waals surface area contributed by atoms with Crippen LogP contribution >= 0.6 is 0 Å². The number of benzene rings is 2. The van der Waals surface area contributed by atoms with E-state index in [2.05, 4.69) is 76.4 Å². The molecule has 0 saturated heterocycles. The van der Waals surface area contributed by atoms with Gasteiger partial charge in [0.05, 0.1) is 6.04 Å². The van der Waals surface area contributed by atoms with E-state index in [1.807, 2.05) is 12.3 Å². The molecule has 1 aromatic heterocycles. The fourth-order valence-corrected chi connectivity index (χ4v) is 3.88. The minimum absolute atomic E-state index is 0.149. The lowest BCUT2D eigenvalue weighted by Gasteiger charge is -2.18. The topological polar surface area (TPSA) is 25.2 Å². The van der Waals surface area contributed by atoms with Crippen molar-refractivity contribution in [1.82, 2.24) is 5.32 Å². The van der Waals surface area contributed by atoms with Gasteiger partial charge in [0.15, 0.2) is 0 Å². The fourth-order valence-electron chi connectivity index (χ4n) is 3.88. The molecule has 3 aromatic rings. The molecule has 1 unspecified atom stereocenters. The van der Waals surface area contributed by atoms with Crippen molar-refractivity contribution < 1.29 is 4.42 Å². The lowest BCUT2D eigenvalue weighted by molar-refractivity contribution is 0.637. The van der Waals surface area contributed by atoms with Gasteiger partial charge >= 0.3 is 0 Å². The normalized spacial score (nSPS) is 17.0. The number of furan rings is 1. The fraction of sp³-hybridized carbons (Fsp3) is 0.333. The van der Waals surface area contributed by atoms with E-state index in [0.717, 1.165) is 11.2 Å². The average molecular weight is 345 g/mol. The van der Waals surface area contributed by atoms with Crippen LogP contribution in [0.5, 0.6) is 0 Å². The van der Waals surface area contributed by atoms with Crippen molar-refractivity contribution in [3.63, 3.8) is 0 Å². The summed E-state index contributed by atoms with van der Waals surface area (Å²) in [5, 5.41) is 5.91. The molecule has 1 N–H and O–H groups in total. The van der Waals surface area contributed by atoms with Crippen molar-refractivity contribution in [2.24, 2.45) is 0 Å². The Balaban J connectivity index is 2.06. The maximum atomic E-state index is 6.55. The molecule has 1 atom stereocenters. The predicted molar refractivity (Wildman–Crippen MR) is 111 cm³/mol. The second kappa shape index (κ2) is 6.35. The second-order valence-corrected chi connectivity index (χ2v) is 7.96. The first-order chi connectivity index (χ1) is 12.5. The summed E-state index contributed by atoms with van der Waals surface area (Å²) in [6, 6.07) is 9.24. The SMILES string of the molecule is Cc1ccc2c(oc3c(C(C)C)cc(C(C)C)cc32)c1C1C=CC=CN1. The van der Waals surface area contributed by atoms with Crippen molar-refractivity contribution in [1.29, 1.82) is 0 Å². The predicted octanol–water partition coefficient (Wildman–Crippen LogP) is 6.86. The Morgan fingerprint density at radius 3 is 2.38 bits per heavy atom. The van der Waals surface area contributed by atoms with Crippen LogP contribution in [0.2, 0.25) is 0 Å². The van der Waals surface area contributed by atoms with Crippen LogP contribution in [0.4, 0.5) is 0 Å². The van der Waals surface area contributed by atoms with Crippen molar-refractivity contribution in [3.05, 3.63) is 70.9 Å². The molecule has 1 aliphatic rings. The Hall–Kier alpha value is -2.48. The Morgan fingerprint density at radius 1 is 0.923 bits per heavy atom. The number of nitrogens with one attached hydrogen (secondary N) is 1. The first kappa shape index (κ1) is 17.0. The molecule has 0 radical (unpaired) electrons. The van der Waals surface area contributed by atoms with Gasteiger partial charge in [-0.1, -0.05) is 58.0 Å². The van der Waals surface area contributed by atoms with Gasteiger partial charge in [0, 0.05) is 16.3 Å². The quantitative estimate of drug-likeness (QED) is 0.561. The standard InChI is InChI=1S/C24H27NO/c1-14(2)17-12-19(15(3)4)23-20(13-17)18-10-9-16(5)22(24(18)26-23)21-8-6-7-11-25-21/h6-15,21,25H,1-5H3. The molecule has 1 aliphatic heterocycles. The maximum absolute atomic E-state index is 6.55. The van der Waals surface area contributed by atoms with Crippen LogP contribution in [0.1, 0.15) is 67.8 Å². The van der Waals surface area contributed by atoms with E-state index >= 15 is 0 Å². The van der Waals surface area contributed by atoms with Gasteiger partial charge in [-0.3, -0.25) is 0 Å². The molecule has 0 amide bonds. The van der Waals surface area contributed by atoms with Crippen LogP contribution in [0, 0.1) is 6.92 Å². The molecule has 0 spiro atoms. The first-order valence-electron chi connectivity index (χ1n) is 9.56. The van der Waals surface area contributed by atoms with E-state index in [0.29, 0.717) is 11.8 Å². The minimum Gasteiger partial charge on any atom is -0.455 e. The van der Waals surface area contributed by atoms with Gasteiger partial charge in [-0.2, -0.15) is 0 Å². The summed E-state index contributed by atoms with van der Waals surface area (Å²) in [5.74, 6) is 0.928. The lowest BCUT2D eigenvalue weighted by Crippen LogP contribution is -2.16. The van der Waals surface area contributed by atoms with Gasteiger partial charge < -0.3 is 9.73 Å². The van der Waals surface area contributed by atoms with E-state index in [4.69, 9.17) is 4.42 Å². The Morgan fingerprint density at radius 2 is 1.73 bits per heavy atom. The van der Waals surface area contributed by atoms with Gasteiger partial charge in [0.1, 0.15) is 11.2 Å². The number of fused-ring (bicyclic) bond motifs is 3. The maximum Gasteiger partial charge on any atom is 0.141 e. The van der Waals surface area contributed by atoms with Gasteiger partial charge in [0.2, 0.25) is 0 Å². The molecular formula is C24H27NO. The van der Waals surface area contributed by atoms with Gasteiger partial charge in [-0.25, -0.2) is 0 Å². The summed E-state index contributed by atoms with van der Waals surface area (Å²) < 4.78 is 6.55. The summed E-state index contributed by atoms with van der Waals surface area (Å²) in [7, 11) is 0. The Labute approximate surface area is 155 Å². The summed E-state index contributed by atoms with van der Waals surface area (Å²) in [5.41, 5.74) is 7.23. The van der Waals surface area contributed by atoms with Crippen molar-refractivity contribution in [2.75, 3.05) is 0 Å². The summed E-state index contributed by atoms with van der Waals surface area (Å²) >= 11 is 0. The lowest BCUT2D eigenvalue weighted by atomic mass is 9.92. The number of rotatable bonds is 3. The summed E-state index contributed by atoms with van der Waals surface area (Å²) in [6.45, 7) is 11.2. The van der Waals surface area contributed by atoms with E-state index < -0.39 is 0 Å². The van der Waals surface area contributed by atoms with Crippen LogP contribution in [0.25, 0.3) is 21.9 Å². The molecule has 0 aliphatic carbocycles. The molecule has 2 heterocycles. The highest BCUT2D eigenvalue weighted by molar-refractivity contribution is 6.07. The zero-order valence-corrected chi connectivity index (χ0v) is 16.3. The molecule has 2 nitrogen and oxygen atoms in total. The third-order valence-corrected chi connectivity index (χ3v) is 5.43. The average Bonchev–Trinajstić information content (AvgIpc) is 2.99. The van der Waals surface area contributed by atoms with Gasteiger partial charge in [0.25, 0.3) is 0 Å². The molecule has 0 bridgehead atoms. The number of allylic oxidation sites excluding steroid dienone is 2. The zero-order chi connectivity index (χ0) is 18.4.